The van der Waals surface area contributed by atoms with Gasteiger partial charge in [0.15, 0.2) is 6.61 Å². The van der Waals surface area contributed by atoms with Gasteiger partial charge in [-0.1, -0.05) is 70.2 Å². The Bertz CT molecular complexity index is 803. The number of carbonyl (C=O) groups is 2. The van der Waals surface area contributed by atoms with Crippen molar-refractivity contribution in [2.75, 3.05) is 19.7 Å². The predicted molar refractivity (Wildman–Crippen MR) is 125 cm³/mol. The van der Waals surface area contributed by atoms with Crippen molar-refractivity contribution in [1.82, 2.24) is 10.2 Å². The number of carbonyl (C=O) groups excluding carboxylic acids is 2. The third-order valence-electron chi connectivity index (χ3n) is 5.33. The fourth-order valence-corrected chi connectivity index (χ4v) is 3.44. The summed E-state index contributed by atoms with van der Waals surface area (Å²) < 4.78 is 5.77. The van der Waals surface area contributed by atoms with Crippen LogP contribution in [0.3, 0.4) is 0 Å². The first-order valence-corrected chi connectivity index (χ1v) is 11.3. The number of nitrogens with one attached hydrogen (secondary N) is 1. The Labute approximate surface area is 186 Å². The zero-order valence-electron chi connectivity index (χ0n) is 19.3. The van der Waals surface area contributed by atoms with Crippen LogP contribution in [0.2, 0.25) is 0 Å². The summed E-state index contributed by atoms with van der Waals surface area (Å²) in [5.74, 6) is 0.815. The van der Waals surface area contributed by atoms with Crippen LogP contribution >= 0.6 is 0 Å². The Morgan fingerprint density at radius 2 is 1.68 bits per heavy atom. The van der Waals surface area contributed by atoms with E-state index in [9.17, 15) is 9.59 Å². The number of hydrogen-bond donors (Lipinski definition) is 1. The molecule has 5 heteroatoms. The number of benzene rings is 2. The largest absolute Gasteiger partial charge is 0.484 e. The molecular formula is C26H36N2O3. The maximum absolute atomic E-state index is 13.1. The molecule has 168 valence electrons. The first kappa shape index (κ1) is 24.4. The molecule has 2 aromatic rings. The summed E-state index contributed by atoms with van der Waals surface area (Å²) in [6, 6.07) is 17.3. The molecule has 1 N–H and O–H groups in total. The number of nitrogens with zero attached hydrogens (tertiary/aromatic N) is 1. The molecule has 0 unspecified atom stereocenters. The average molecular weight is 425 g/mol. The lowest BCUT2D eigenvalue weighted by molar-refractivity contribution is -0.142. The summed E-state index contributed by atoms with van der Waals surface area (Å²) in [4.78, 5) is 27.5. The molecule has 0 aromatic heterocycles. The summed E-state index contributed by atoms with van der Waals surface area (Å²) in [5.41, 5.74) is 2.36. The van der Waals surface area contributed by atoms with E-state index in [0.717, 1.165) is 12.0 Å². The van der Waals surface area contributed by atoms with Gasteiger partial charge in [0.25, 0.3) is 5.91 Å². The lowest BCUT2D eigenvalue weighted by Gasteiger charge is -2.30. The number of amides is 2. The fourth-order valence-electron chi connectivity index (χ4n) is 3.44. The van der Waals surface area contributed by atoms with E-state index >= 15 is 0 Å². The van der Waals surface area contributed by atoms with Gasteiger partial charge in [0.05, 0.1) is 0 Å². The van der Waals surface area contributed by atoms with Crippen LogP contribution in [0.1, 0.15) is 57.6 Å². The van der Waals surface area contributed by atoms with Crippen LogP contribution in [-0.2, 0) is 16.0 Å². The first-order chi connectivity index (χ1) is 15.0. The first-order valence-electron chi connectivity index (χ1n) is 11.3. The number of ether oxygens (including phenoxy) is 1. The molecule has 2 rings (SSSR count). The van der Waals surface area contributed by atoms with Gasteiger partial charge in [-0.2, -0.15) is 0 Å². The van der Waals surface area contributed by atoms with E-state index in [1.807, 2.05) is 68.4 Å². The quantitative estimate of drug-likeness (QED) is 0.543. The van der Waals surface area contributed by atoms with Crippen molar-refractivity contribution in [1.29, 1.82) is 0 Å². The third kappa shape index (κ3) is 7.74. The molecule has 2 amide bonds. The Morgan fingerprint density at radius 1 is 1.00 bits per heavy atom. The number of hydrogen-bond acceptors (Lipinski definition) is 3. The van der Waals surface area contributed by atoms with Crippen molar-refractivity contribution in [2.45, 2.75) is 58.9 Å². The lowest BCUT2D eigenvalue weighted by atomic mass is 10.0. The molecule has 0 aliphatic heterocycles. The zero-order chi connectivity index (χ0) is 22.6. The summed E-state index contributed by atoms with van der Waals surface area (Å²) >= 11 is 0. The van der Waals surface area contributed by atoms with Gasteiger partial charge in [0.2, 0.25) is 5.91 Å². The summed E-state index contributed by atoms with van der Waals surface area (Å²) in [7, 11) is 0. The van der Waals surface area contributed by atoms with E-state index in [1.54, 1.807) is 4.90 Å². The van der Waals surface area contributed by atoms with E-state index in [0.29, 0.717) is 37.6 Å². The second-order valence-corrected chi connectivity index (χ2v) is 8.05. The Balaban J connectivity index is 2.08. The minimum atomic E-state index is -0.505. The second kappa shape index (κ2) is 12.8. The van der Waals surface area contributed by atoms with Crippen molar-refractivity contribution < 1.29 is 14.3 Å². The molecule has 0 radical (unpaired) electrons. The molecular weight excluding hydrogens is 388 g/mol. The normalized spacial score (nSPS) is 11.8. The van der Waals surface area contributed by atoms with E-state index < -0.39 is 6.04 Å². The fraction of sp³-hybridized carbons (Fsp3) is 0.462. The van der Waals surface area contributed by atoms with Gasteiger partial charge in [-0.05, 0) is 48.4 Å². The highest BCUT2D eigenvalue weighted by molar-refractivity contribution is 5.88. The maximum atomic E-state index is 13.1. The van der Waals surface area contributed by atoms with Gasteiger partial charge in [-0.3, -0.25) is 9.59 Å². The molecule has 0 saturated heterocycles. The van der Waals surface area contributed by atoms with E-state index in [-0.39, 0.29) is 18.4 Å². The van der Waals surface area contributed by atoms with Gasteiger partial charge in [-0.25, -0.2) is 0 Å². The molecule has 31 heavy (non-hydrogen) atoms. The molecule has 0 fully saturated rings. The molecule has 0 aliphatic carbocycles. The third-order valence-corrected chi connectivity index (χ3v) is 5.33. The van der Waals surface area contributed by atoms with Crippen molar-refractivity contribution in [3.63, 3.8) is 0 Å². The molecule has 0 spiro atoms. The minimum Gasteiger partial charge on any atom is -0.484 e. The lowest BCUT2D eigenvalue weighted by Crippen LogP contribution is -2.51. The number of rotatable bonds is 12. The molecule has 0 aliphatic rings. The topological polar surface area (TPSA) is 58.6 Å². The molecule has 0 bridgehead atoms. The van der Waals surface area contributed by atoms with Crippen molar-refractivity contribution in [3.8, 4) is 5.75 Å². The van der Waals surface area contributed by atoms with Gasteiger partial charge in [0.1, 0.15) is 11.8 Å². The highest BCUT2D eigenvalue weighted by Crippen LogP contribution is 2.19. The molecule has 1 atom stereocenters. The smallest absolute Gasteiger partial charge is 0.261 e. The Kier molecular flexibility index (Phi) is 10.1. The van der Waals surface area contributed by atoms with Gasteiger partial charge < -0.3 is 15.0 Å². The summed E-state index contributed by atoms with van der Waals surface area (Å²) in [5, 5.41) is 2.93. The van der Waals surface area contributed by atoms with Crippen molar-refractivity contribution in [2.24, 2.45) is 0 Å². The van der Waals surface area contributed by atoms with Crippen LogP contribution in [0.5, 0.6) is 5.75 Å². The minimum absolute atomic E-state index is 0.0899. The Hall–Kier alpha value is -2.82. The van der Waals surface area contributed by atoms with E-state index in [2.05, 4.69) is 19.2 Å². The monoisotopic (exact) mass is 424 g/mol. The average Bonchev–Trinajstić information content (AvgIpc) is 2.79. The second-order valence-electron chi connectivity index (χ2n) is 8.05. The van der Waals surface area contributed by atoms with Crippen molar-refractivity contribution in [3.05, 3.63) is 65.7 Å². The van der Waals surface area contributed by atoms with Crippen LogP contribution in [0, 0.1) is 0 Å². The van der Waals surface area contributed by atoms with Crippen LogP contribution < -0.4 is 10.1 Å². The van der Waals surface area contributed by atoms with Crippen molar-refractivity contribution >= 4 is 11.8 Å². The van der Waals surface area contributed by atoms with Gasteiger partial charge >= 0.3 is 0 Å². The van der Waals surface area contributed by atoms with Crippen LogP contribution in [0.15, 0.2) is 54.6 Å². The van der Waals surface area contributed by atoms with E-state index in [1.165, 1.54) is 5.56 Å². The summed E-state index contributed by atoms with van der Waals surface area (Å²) in [6.07, 6.45) is 2.10. The molecule has 2 aromatic carbocycles. The van der Waals surface area contributed by atoms with Crippen LogP contribution in [0.25, 0.3) is 0 Å². The summed E-state index contributed by atoms with van der Waals surface area (Å²) in [6.45, 7) is 9.21. The molecule has 5 nitrogen and oxygen atoms in total. The zero-order valence-corrected chi connectivity index (χ0v) is 19.3. The van der Waals surface area contributed by atoms with Gasteiger partial charge in [-0.15, -0.1) is 0 Å². The highest BCUT2D eigenvalue weighted by atomic mass is 16.5. The highest BCUT2D eigenvalue weighted by Gasteiger charge is 2.28. The molecule has 0 saturated carbocycles. The molecule has 0 heterocycles. The van der Waals surface area contributed by atoms with Crippen LogP contribution in [0.4, 0.5) is 0 Å². The standard InChI is InChI=1S/C26H36N2O3/c1-5-17-27-26(30)24(6-2)28(18-16-21-10-8-7-9-11-21)25(29)19-31-23-14-12-22(13-15-23)20(3)4/h7-15,20,24H,5-6,16-19H2,1-4H3,(H,27,30)/t24-/m0/s1. The predicted octanol–water partition coefficient (Wildman–Crippen LogP) is 4.56. The Morgan fingerprint density at radius 3 is 2.26 bits per heavy atom. The van der Waals surface area contributed by atoms with Crippen LogP contribution in [-0.4, -0.2) is 42.5 Å². The van der Waals surface area contributed by atoms with Gasteiger partial charge in [0, 0.05) is 13.1 Å². The SMILES string of the molecule is CCCNC(=O)[C@H](CC)N(CCc1ccccc1)C(=O)COc1ccc(C(C)C)cc1. The van der Waals surface area contributed by atoms with E-state index in [4.69, 9.17) is 4.74 Å². The maximum Gasteiger partial charge on any atom is 0.261 e.